The van der Waals surface area contributed by atoms with Gasteiger partial charge < -0.3 is 10.1 Å². The Morgan fingerprint density at radius 1 is 1.00 bits per heavy atom. The number of ether oxygens (including phenoxy) is 1. The highest BCUT2D eigenvalue weighted by Crippen LogP contribution is 2.33. The number of hydrogen-bond acceptors (Lipinski definition) is 4. The van der Waals surface area contributed by atoms with Crippen molar-refractivity contribution in [2.75, 3.05) is 5.32 Å². The van der Waals surface area contributed by atoms with E-state index in [9.17, 15) is 4.79 Å². The molecule has 1 N–H and O–H groups in total. The number of aromatic nitrogens is 2. The van der Waals surface area contributed by atoms with E-state index in [0.29, 0.717) is 17.4 Å². The number of carbonyl (C=O) groups excluding carboxylic acids is 1. The number of pyridine rings is 1. The van der Waals surface area contributed by atoms with Crippen LogP contribution in [0.1, 0.15) is 43.0 Å². The molecule has 33 heavy (non-hydrogen) atoms. The Balaban J connectivity index is 1.44. The lowest BCUT2D eigenvalue weighted by Gasteiger charge is -2.24. The van der Waals surface area contributed by atoms with Gasteiger partial charge in [-0.1, -0.05) is 67.8 Å². The molecule has 1 saturated carbocycles. The van der Waals surface area contributed by atoms with Crippen LogP contribution in [0.3, 0.4) is 0 Å². The smallest absolute Gasteiger partial charge is 0.334 e. The summed E-state index contributed by atoms with van der Waals surface area (Å²) in [4.78, 5) is 17.5. The Bertz CT molecular complexity index is 1250. The van der Waals surface area contributed by atoms with Crippen molar-refractivity contribution in [1.82, 2.24) is 9.38 Å². The van der Waals surface area contributed by atoms with Gasteiger partial charge in [0.1, 0.15) is 22.9 Å². The summed E-state index contributed by atoms with van der Waals surface area (Å²) in [6, 6.07) is 23.1. The number of nitrogens with zero attached hydrogens (tertiary/aromatic N) is 2. The molecular formula is C27H26ClN3O2. The Kier molecular flexibility index (Phi) is 6.31. The molecule has 1 aliphatic carbocycles. The Morgan fingerprint density at radius 3 is 2.61 bits per heavy atom. The van der Waals surface area contributed by atoms with Crippen LogP contribution in [0, 0.1) is 0 Å². The maximum atomic E-state index is 12.6. The maximum absolute atomic E-state index is 12.6. The number of rotatable bonds is 6. The molecule has 2 aromatic heterocycles. The molecule has 0 spiro atoms. The van der Waals surface area contributed by atoms with Gasteiger partial charge in [-0.2, -0.15) is 0 Å². The molecule has 2 heterocycles. The van der Waals surface area contributed by atoms with E-state index >= 15 is 0 Å². The second-order valence-corrected chi connectivity index (χ2v) is 8.88. The summed E-state index contributed by atoms with van der Waals surface area (Å²) in [6.45, 7) is 0. The molecule has 1 fully saturated rings. The van der Waals surface area contributed by atoms with Crippen molar-refractivity contribution >= 4 is 29.0 Å². The lowest BCUT2D eigenvalue weighted by molar-refractivity contribution is -0.134. The molecule has 6 heteroatoms. The summed E-state index contributed by atoms with van der Waals surface area (Å²) in [5, 5.41) is 2.88. The topological polar surface area (TPSA) is 55.6 Å². The molecule has 1 unspecified atom stereocenters. The summed E-state index contributed by atoms with van der Waals surface area (Å²) in [7, 11) is 0. The number of esters is 1. The second-order valence-electron chi connectivity index (χ2n) is 8.44. The number of anilines is 1. The standard InChI is InChI=1S/C27H26ClN3O2/c28-24(19-10-3-1-4-11-19)27(32)33-22-15-9-12-20(18-22)25-26(29-21-13-5-2-6-14-21)31-17-8-7-16-23(31)30-25/h1,3-4,7-12,15-18,21,24,29H,2,5-6,13-14H2. The van der Waals surface area contributed by atoms with Gasteiger partial charge in [0.15, 0.2) is 5.38 Å². The molecular weight excluding hydrogens is 434 g/mol. The van der Waals surface area contributed by atoms with Crippen LogP contribution in [0.2, 0.25) is 0 Å². The van der Waals surface area contributed by atoms with Crippen LogP contribution in [0.5, 0.6) is 5.75 Å². The largest absolute Gasteiger partial charge is 0.425 e. The molecule has 0 saturated heterocycles. The number of imidazole rings is 1. The predicted molar refractivity (Wildman–Crippen MR) is 132 cm³/mol. The highest BCUT2D eigenvalue weighted by molar-refractivity contribution is 6.30. The van der Waals surface area contributed by atoms with E-state index in [4.69, 9.17) is 21.3 Å². The van der Waals surface area contributed by atoms with Gasteiger partial charge in [-0.3, -0.25) is 4.40 Å². The maximum Gasteiger partial charge on any atom is 0.334 e. The molecule has 4 aromatic rings. The van der Waals surface area contributed by atoms with Gasteiger partial charge in [-0.15, -0.1) is 11.6 Å². The Morgan fingerprint density at radius 2 is 1.79 bits per heavy atom. The summed E-state index contributed by atoms with van der Waals surface area (Å²) in [6.07, 6.45) is 8.14. The van der Waals surface area contributed by atoms with Crippen LogP contribution in [-0.4, -0.2) is 21.4 Å². The number of hydrogen-bond donors (Lipinski definition) is 1. The number of carbonyl (C=O) groups is 1. The first-order valence-corrected chi connectivity index (χ1v) is 11.9. The molecule has 0 aliphatic heterocycles. The van der Waals surface area contributed by atoms with Crippen LogP contribution in [-0.2, 0) is 4.79 Å². The summed E-state index contributed by atoms with van der Waals surface area (Å²) < 4.78 is 7.72. The molecule has 0 amide bonds. The molecule has 2 aromatic carbocycles. The fourth-order valence-electron chi connectivity index (χ4n) is 4.41. The number of alkyl halides is 1. The van der Waals surface area contributed by atoms with Crippen molar-refractivity contribution in [2.45, 2.75) is 43.5 Å². The lowest BCUT2D eigenvalue weighted by Crippen LogP contribution is -2.23. The fourth-order valence-corrected chi connectivity index (χ4v) is 4.60. The highest BCUT2D eigenvalue weighted by atomic mass is 35.5. The first kappa shape index (κ1) is 21.5. The molecule has 1 aliphatic rings. The van der Waals surface area contributed by atoms with Crippen molar-refractivity contribution in [3.63, 3.8) is 0 Å². The molecule has 168 valence electrons. The predicted octanol–water partition coefficient (Wildman–Crippen LogP) is 6.63. The average Bonchev–Trinajstić information content (AvgIpc) is 3.23. The zero-order chi connectivity index (χ0) is 22.6. The summed E-state index contributed by atoms with van der Waals surface area (Å²) in [5.74, 6) is 0.913. The third kappa shape index (κ3) is 4.74. The first-order valence-electron chi connectivity index (χ1n) is 11.4. The van der Waals surface area contributed by atoms with E-state index in [1.165, 1.54) is 19.3 Å². The number of halogens is 1. The van der Waals surface area contributed by atoms with Gasteiger partial charge in [-0.25, -0.2) is 9.78 Å². The van der Waals surface area contributed by atoms with Crippen molar-refractivity contribution in [3.05, 3.63) is 84.6 Å². The average molecular weight is 460 g/mol. The highest BCUT2D eigenvalue weighted by Gasteiger charge is 2.22. The van der Waals surface area contributed by atoms with E-state index in [0.717, 1.165) is 35.6 Å². The third-order valence-corrected chi connectivity index (χ3v) is 6.53. The van der Waals surface area contributed by atoms with E-state index in [2.05, 4.69) is 9.72 Å². The fraction of sp³-hybridized carbons (Fsp3) is 0.259. The molecule has 0 radical (unpaired) electrons. The van der Waals surface area contributed by atoms with Crippen LogP contribution < -0.4 is 10.1 Å². The SMILES string of the molecule is O=C(Oc1cccc(-c2nc3ccccn3c2NC2CCCCC2)c1)C(Cl)c1ccccc1. The van der Waals surface area contributed by atoms with Crippen LogP contribution >= 0.6 is 11.6 Å². The van der Waals surface area contributed by atoms with Crippen molar-refractivity contribution in [1.29, 1.82) is 0 Å². The minimum atomic E-state index is -0.867. The minimum Gasteiger partial charge on any atom is -0.425 e. The van der Waals surface area contributed by atoms with Gasteiger partial charge in [0, 0.05) is 17.8 Å². The Labute approximate surface area is 198 Å². The quantitative estimate of drug-likeness (QED) is 0.200. The van der Waals surface area contributed by atoms with Crippen LogP contribution in [0.4, 0.5) is 5.82 Å². The monoisotopic (exact) mass is 459 g/mol. The number of nitrogens with one attached hydrogen (secondary N) is 1. The molecule has 1 atom stereocenters. The van der Waals surface area contributed by atoms with Gasteiger partial charge in [0.2, 0.25) is 0 Å². The zero-order valence-corrected chi connectivity index (χ0v) is 19.0. The van der Waals surface area contributed by atoms with Gasteiger partial charge in [0.05, 0.1) is 0 Å². The van der Waals surface area contributed by atoms with Crippen LogP contribution in [0.15, 0.2) is 79.0 Å². The Hall–Kier alpha value is -3.31. The van der Waals surface area contributed by atoms with E-state index < -0.39 is 11.3 Å². The number of fused-ring (bicyclic) bond motifs is 1. The number of benzene rings is 2. The van der Waals surface area contributed by atoms with Crippen molar-refractivity contribution < 1.29 is 9.53 Å². The van der Waals surface area contributed by atoms with Gasteiger partial charge in [-0.05, 0) is 42.7 Å². The van der Waals surface area contributed by atoms with E-state index in [-0.39, 0.29) is 0 Å². The molecule has 5 nitrogen and oxygen atoms in total. The van der Waals surface area contributed by atoms with Gasteiger partial charge >= 0.3 is 5.97 Å². The van der Waals surface area contributed by atoms with Gasteiger partial charge in [0.25, 0.3) is 0 Å². The molecule has 0 bridgehead atoms. The third-order valence-electron chi connectivity index (χ3n) is 6.10. The first-order chi connectivity index (χ1) is 16.2. The van der Waals surface area contributed by atoms with Crippen molar-refractivity contribution in [2.24, 2.45) is 0 Å². The normalized spacial score (nSPS) is 15.3. The lowest BCUT2D eigenvalue weighted by atomic mass is 9.95. The second kappa shape index (κ2) is 9.67. The van der Waals surface area contributed by atoms with Crippen molar-refractivity contribution in [3.8, 4) is 17.0 Å². The zero-order valence-electron chi connectivity index (χ0n) is 18.3. The molecule has 5 rings (SSSR count). The van der Waals surface area contributed by atoms with Crippen LogP contribution in [0.25, 0.3) is 16.9 Å². The summed E-state index contributed by atoms with van der Waals surface area (Å²) >= 11 is 6.35. The van der Waals surface area contributed by atoms with E-state index in [1.54, 1.807) is 6.07 Å². The summed E-state index contributed by atoms with van der Waals surface area (Å²) in [5.41, 5.74) is 3.31. The van der Waals surface area contributed by atoms with E-state index in [1.807, 2.05) is 72.9 Å². The minimum absolute atomic E-state index is 0.432.